The van der Waals surface area contributed by atoms with Gasteiger partial charge in [0.15, 0.2) is 5.82 Å². The van der Waals surface area contributed by atoms with Gasteiger partial charge in [0.1, 0.15) is 5.82 Å². The summed E-state index contributed by atoms with van der Waals surface area (Å²) >= 11 is 0. The van der Waals surface area contributed by atoms with Crippen LogP contribution in [0.4, 0.5) is 5.82 Å². The Morgan fingerprint density at radius 1 is 1.12 bits per heavy atom. The van der Waals surface area contributed by atoms with E-state index < -0.39 is 0 Å². The number of nitrogens with one attached hydrogen (secondary N) is 1. The molecule has 1 fully saturated rings. The highest BCUT2D eigenvalue weighted by atomic mass is 16.5. The van der Waals surface area contributed by atoms with Crippen LogP contribution in [0.2, 0.25) is 0 Å². The van der Waals surface area contributed by atoms with Crippen molar-refractivity contribution >= 4 is 16.7 Å². The first-order valence-electron chi connectivity index (χ1n) is 8.33. The van der Waals surface area contributed by atoms with Gasteiger partial charge < -0.3 is 10.1 Å². The van der Waals surface area contributed by atoms with Gasteiger partial charge in [-0.3, -0.25) is 4.98 Å². The smallest absolute Gasteiger partial charge is 0.162 e. The maximum Gasteiger partial charge on any atom is 0.162 e. The summed E-state index contributed by atoms with van der Waals surface area (Å²) in [6.45, 7) is 3.70. The van der Waals surface area contributed by atoms with E-state index in [0.29, 0.717) is 12.4 Å². The molecule has 5 nitrogen and oxygen atoms in total. The molecule has 2 aromatic heterocycles. The number of hydrogen-bond acceptors (Lipinski definition) is 5. The third-order valence-corrected chi connectivity index (χ3v) is 4.71. The Balaban J connectivity index is 1.84. The molecule has 4 rings (SSSR count). The largest absolute Gasteiger partial charge is 0.379 e. The van der Waals surface area contributed by atoms with Crippen LogP contribution in [0.3, 0.4) is 0 Å². The number of para-hydroxylation sites is 1. The number of benzene rings is 1. The standard InChI is InChI=1S/C19H20N4O/c1-2-19(9-12-24-13-19)23-18-15-5-3-4-6-16(15)21-17(22-18)14-7-10-20-11-8-14/h3-8,10-11H,2,9,12-13H2,1H3,(H,21,22,23). The van der Waals surface area contributed by atoms with Crippen molar-refractivity contribution in [3.63, 3.8) is 0 Å². The monoisotopic (exact) mass is 320 g/mol. The van der Waals surface area contributed by atoms with Gasteiger partial charge in [0.05, 0.1) is 17.7 Å². The molecular formula is C19H20N4O. The minimum atomic E-state index is -0.0490. The quantitative estimate of drug-likeness (QED) is 0.795. The second kappa shape index (κ2) is 6.17. The van der Waals surface area contributed by atoms with Gasteiger partial charge in [0.2, 0.25) is 0 Å². The minimum absolute atomic E-state index is 0.0490. The summed E-state index contributed by atoms with van der Waals surface area (Å²) in [5.41, 5.74) is 1.85. The molecule has 1 saturated heterocycles. The van der Waals surface area contributed by atoms with Crippen molar-refractivity contribution in [2.45, 2.75) is 25.3 Å². The fourth-order valence-electron chi connectivity index (χ4n) is 3.13. The van der Waals surface area contributed by atoms with Gasteiger partial charge in [-0.2, -0.15) is 0 Å². The molecule has 1 atom stereocenters. The number of aromatic nitrogens is 3. The van der Waals surface area contributed by atoms with Gasteiger partial charge in [-0.15, -0.1) is 0 Å². The van der Waals surface area contributed by atoms with E-state index in [1.807, 2.05) is 30.3 Å². The number of nitrogens with zero attached hydrogens (tertiary/aromatic N) is 3. The number of anilines is 1. The second-order valence-corrected chi connectivity index (χ2v) is 6.21. The zero-order chi connectivity index (χ0) is 16.4. The first-order valence-corrected chi connectivity index (χ1v) is 8.33. The summed E-state index contributed by atoms with van der Waals surface area (Å²) < 4.78 is 5.64. The zero-order valence-electron chi connectivity index (χ0n) is 13.7. The van der Waals surface area contributed by atoms with Crippen molar-refractivity contribution in [3.8, 4) is 11.4 Å². The number of pyridine rings is 1. The van der Waals surface area contributed by atoms with Crippen LogP contribution < -0.4 is 5.32 Å². The average molecular weight is 320 g/mol. The molecule has 0 amide bonds. The van der Waals surface area contributed by atoms with Gasteiger partial charge >= 0.3 is 0 Å². The lowest BCUT2D eigenvalue weighted by molar-refractivity contribution is 0.181. The highest BCUT2D eigenvalue weighted by Crippen LogP contribution is 2.31. The predicted octanol–water partition coefficient (Wildman–Crippen LogP) is 3.67. The maximum atomic E-state index is 5.64. The Labute approximate surface area is 141 Å². The Bertz CT molecular complexity index is 844. The van der Waals surface area contributed by atoms with Gasteiger partial charge in [0, 0.05) is 30.0 Å². The second-order valence-electron chi connectivity index (χ2n) is 6.21. The molecule has 3 aromatic rings. The molecule has 5 heteroatoms. The first-order chi connectivity index (χ1) is 11.8. The van der Waals surface area contributed by atoms with Crippen molar-refractivity contribution in [2.75, 3.05) is 18.5 Å². The van der Waals surface area contributed by atoms with Crippen LogP contribution in [-0.4, -0.2) is 33.7 Å². The molecule has 24 heavy (non-hydrogen) atoms. The summed E-state index contributed by atoms with van der Waals surface area (Å²) in [5, 5.41) is 4.70. The third-order valence-electron chi connectivity index (χ3n) is 4.71. The molecule has 0 bridgehead atoms. The van der Waals surface area contributed by atoms with Crippen LogP contribution in [0.25, 0.3) is 22.3 Å². The Morgan fingerprint density at radius 3 is 2.71 bits per heavy atom. The summed E-state index contributed by atoms with van der Waals surface area (Å²) in [4.78, 5) is 13.6. The summed E-state index contributed by atoms with van der Waals surface area (Å²) in [6.07, 6.45) is 5.51. The molecule has 1 N–H and O–H groups in total. The highest BCUT2D eigenvalue weighted by Gasteiger charge is 2.33. The van der Waals surface area contributed by atoms with Crippen LogP contribution in [0.15, 0.2) is 48.8 Å². The highest BCUT2D eigenvalue weighted by molar-refractivity contribution is 5.90. The van der Waals surface area contributed by atoms with Crippen molar-refractivity contribution in [1.82, 2.24) is 15.0 Å². The number of fused-ring (bicyclic) bond motifs is 1. The molecule has 0 saturated carbocycles. The molecule has 1 aliphatic rings. The normalized spacial score (nSPS) is 20.4. The van der Waals surface area contributed by atoms with Gasteiger partial charge in [-0.1, -0.05) is 19.1 Å². The van der Waals surface area contributed by atoms with E-state index in [0.717, 1.165) is 41.7 Å². The summed E-state index contributed by atoms with van der Waals surface area (Å²) in [7, 11) is 0. The Kier molecular flexibility index (Phi) is 3.86. The zero-order valence-corrected chi connectivity index (χ0v) is 13.7. The molecule has 3 heterocycles. The lowest BCUT2D eigenvalue weighted by Gasteiger charge is -2.28. The van der Waals surface area contributed by atoms with Crippen molar-refractivity contribution < 1.29 is 4.74 Å². The minimum Gasteiger partial charge on any atom is -0.379 e. The van der Waals surface area contributed by atoms with E-state index in [9.17, 15) is 0 Å². The van der Waals surface area contributed by atoms with E-state index in [1.54, 1.807) is 12.4 Å². The topological polar surface area (TPSA) is 59.9 Å². The van der Waals surface area contributed by atoms with Crippen LogP contribution in [0.1, 0.15) is 19.8 Å². The van der Waals surface area contributed by atoms with E-state index in [-0.39, 0.29) is 5.54 Å². The van der Waals surface area contributed by atoms with Gasteiger partial charge in [-0.05, 0) is 37.1 Å². The number of ether oxygens (including phenoxy) is 1. The number of rotatable bonds is 4. The molecule has 122 valence electrons. The Hall–Kier alpha value is -2.53. The van der Waals surface area contributed by atoms with Crippen LogP contribution in [0.5, 0.6) is 0 Å². The van der Waals surface area contributed by atoms with E-state index in [2.05, 4.69) is 23.3 Å². The average Bonchev–Trinajstić information content (AvgIpc) is 3.11. The van der Waals surface area contributed by atoms with Crippen molar-refractivity contribution in [3.05, 3.63) is 48.8 Å². The SMILES string of the molecule is CCC1(Nc2nc(-c3ccncc3)nc3ccccc23)CCOC1. The lowest BCUT2D eigenvalue weighted by atomic mass is 9.95. The van der Waals surface area contributed by atoms with Gasteiger partial charge in [-0.25, -0.2) is 9.97 Å². The molecular weight excluding hydrogens is 300 g/mol. The molecule has 1 aliphatic heterocycles. The molecule has 1 aromatic carbocycles. The summed E-state index contributed by atoms with van der Waals surface area (Å²) in [5.74, 6) is 1.59. The molecule has 0 spiro atoms. The molecule has 0 radical (unpaired) electrons. The van der Waals surface area contributed by atoms with E-state index in [1.165, 1.54) is 0 Å². The third kappa shape index (κ3) is 2.71. The van der Waals surface area contributed by atoms with Gasteiger partial charge in [0.25, 0.3) is 0 Å². The van der Waals surface area contributed by atoms with Crippen molar-refractivity contribution in [1.29, 1.82) is 0 Å². The first kappa shape index (κ1) is 15.0. The summed E-state index contributed by atoms with van der Waals surface area (Å²) in [6, 6.07) is 12.0. The van der Waals surface area contributed by atoms with Crippen molar-refractivity contribution in [2.24, 2.45) is 0 Å². The van der Waals surface area contributed by atoms with Crippen LogP contribution in [-0.2, 0) is 4.74 Å². The van der Waals surface area contributed by atoms with Crippen LogP contribution >= 0.6 is 0 Å². The van der Waals surface area contributed by atoms with E-state index in [4.69, 9.17) is 14.7 Å². The predicted molar refractivity (Wildman–Crippen MR) is 94.8 cm³/mol. The van der Waals surface area contributed by atoms with Crippen LogP contribution in [0, 0.1) is 0 Å². The maximum absolute atomic E-state index is 5.64. The fraction of sp³-hybridized carbons (Fsp3) is 0.316. The molecule has 0 aliphatic carbocycles. The number of hydrogen-bond donors (Lipinski definition) is 1. The Morgan fingerprint density at radius 2 is 1.96 bits per heavy atom. The molecule has 1 unspecified atom stereocenters. The fourth-order valence-corrected chi connectivity index (χ4v) is 3.13. The van der Waals surface area contributed by atoms with E-state index >= 15 is 0 Å². The lowest BCUT2D eigenvalue weighted by Crippen LogP contribution is -2.38.